The van der Waals surface area contributed by atoms with Gasteiger partial charge in [0.25, 0.3) is 0 Å². The lowest BCUT2D eigenvalue weighted by molar-refractivity contribution is -0.0638. The van der Waals surface area contributed by atoms with Crippen molar-refractivity contribution >= 4 is 10.0 Å². The molecule has 0 unspecified atom stereocenters. The quantitative estimate of drug-likeness (QED) is 0.555. The Morgan fingerprint density at radius 2 is 2.09 bits per heavy atom. The molecule has 0 bridgehead atoms. The van der Waals surface area contributed by atoms with Crippen LogP contribution in [0.25, 0.3) is 0 Å². The summed E-state index contributed by atoms with van der Waals surface area (Å²) in [5, 5.41) is 0. The summed E-state index contributed by atoms with van der Waals surface area (Å²) in [4.78, 5) is 0.101. The van der Waals surface area contributed by atoms with Crippen molar-refractivity contribution < 1.29 is 17.9 Å². The van der Waals surface area contributed by atoms with E-state index in [0.717, 1.165) is 6.42 Å². The number of rotatable bonds is 6. The summed E-state index contributed by atoms with van der Waals surface area (Å²) in [5.41, 5.74) is 0.0917. The van der Waals surface area contributed by atoms with E-state index in [1.807, 2.05) is 26.8 Å². The number of morpholine rings is 1. The third-order valence-corrected chi connectivity index (χ3v) is 5.42. The number of methoxy groups -OCH3 is 1. The molecule has 5 nitrogen and oxygen atoms in total. The second kappa shape index (κ2) is 7.44. The topological polar surface area (TPSA) is 55.8 Å². The second-order valence-electron chi connectivity index (χ2n) is 5.92. The summed E-state index contributed by atoms with van der Waals surface area (Å²) in [7, 11) is -2.03. The first-order valence-corrected chi connectivity index (χ1v) is 8.84. The summed E-state index contributed by atoms with van der Waals surface area (Å²) in [6.07, 6.45) is 4.40. The van der Waals surface area contributed by atoms with Crippen molar-refractivity contribution in [3.05, 3.63) is 35.0 Å². The predicted octanol–water partition coefficient (Wildman–Crippen LogP) is 2.83. The highest BCUT2D eigenvalue weighted by Gasteiger charge is 2.35. The van der Waals surface area contributed by atoms with E-state index in [4.69, 9.17) is 9.47 Å². The van der Waals surface area contributed by atoms with Gasteiger partial charge in [0.1, 0.15) is 5.76 Å². The van der Waals surface area contributed by atoms with E-state index in [-0.39, 0.29) is 4.91 Å². The molecular weight excluding hydrogens is 302 g/mol. The van der Waals surface area contributed by atoms with Crippen molar-refractivity contribution in [3.63, 3.8) is 0 Å². The molecule has 1 aliphatic heterocycles. The zero-order valence-corrected chi connectivity index (χ0v) is 15.0. The standard InChI is InChI=1S/C16H27NO4S/c1-7-8-15(20-6)11-13(2)14(3)22(18,19)17-9-10-21-16(4,5)12-17/h8,11H,3,7,9-10,12H2,1-2,4-6H3/b13-11-,15-8+. The fraction of sp³-hybridized carbons (Fsp3) is 0.625. The first kappa shape index (κ1) is 18.9. The number of ether oxygens (including phenoxy) is 2. The van der Waals surface area contributed by atoms with Gasteiger partial charge >= 0.3 is 0 Å². The van der Waals surface area contributed by atoms with Crippen molar-refractivity contribution in [2.24, 2.45) is 0 Å². The minimum Gasteiger partial charge on any atom is -0.497 e. The van der Waals surface area contributed by atoms with E-state index < -0.39 is 15.6 Å². The van der Waals surface area contributed by atoms with Gasteiger partial charge in [0, 0.05) is 13.1 Å². The maximum atomic E-state index is 12.7. The molecule has 0 N–H and O–H groups in total. The summed E-state index contributed by atoms with van der Waals surface area (Å²) >= 11 is 0. The van der Waals surface area contributed by atoms with Gasteiger partial charge in [0.15, 0.2) is 0 Å². The first-order valence-electron chi connectivity index (χ1n) is 7.40. The van der Waals surface area contributed by atoms with E-state index in [1.54, 1.807) is 20.1 Å². The molecule has 126 valence electrons. The number of sulfonamides is 1. The monoisotopic (exact) mass is 329 g/mol. The molecule has 1 heterocycles. The Hall–Kier alpha value is -1.11. The van der Waals surface area contributed by atoms with Crippen LogP contribution in [0.2, 0.25) is 0 Å². The van der Waals surface area contributed by atoms with Crippen LogP contribution in [-0.4, -0.2) is 45.1 Å². The van der Waals surface area contributed by atoms with Crippen LogP contribution in [-0.2, 0) is 19.5 Å². The molecule has 0 aromatic carbocycles. The van der Waals surface area contributed by atoms with Gasteiger partial charge in [-0.3, -0.25) is 0 Å². The van der Waals surface area contributed by atoms with E-state index in [0.29, 0.717) is 31.0 Å². The molecule has 0 aromatic heterocycles. The van der Waals surface area contributed by atoms with Gasteiger partial charge in [0.2, 0.25) is 10.0 Å². The lowest BCUT2D eigenvalue weighted by atomic mass is 10.1. The van der Waals surface area contributed by atoms with Crippen molar-refractivity contribution in [3.8, 4) is 0 Å². The fourth-order valence-electron chi connectivity index (χ4n) is 2.23. The molecular formula is C16H27NO4S. The third kappa shape index (κ3) is 4.69. The van der Waals surface area contributed by atoms with Crippen molar-refractivity contribution in [2.45, 2.75) is 39.7 Å². The smallest absolute Gasteiger partial charge is 0.242 e. The van der Waals surface area contributed by atoms with Gasteiger partial charge < -0.3 is 9.47 Å². The molecule has 0 spiro atoms. The van der Waals surface area contributed by atoms with Gasteiger partial charge in [0.05, 0.1) is 24.2 Å². The van der Waals surface area contributed by atoms with E-state index in [2.05, 4.69) is 6.58 Å². The Morgan fingerprint density at radius 1 is 1.45 bits per heavy atom. The molecule has 6 heteroatoms. The highest BCUT2D eigenvalue weighted by Crippen LogP contribution is 2.25. The van der Waals surface area contributed by atoms with Gasteiger partial charge in [-0.05, 0) is 44.9 Å². The zero-order chi connectivity index (χ0) is 17.0. The normalized spacial score (nSPS) is 20.8. The van der Waals surface area contributed by atoms with Crippen LogP contribution in [0.5, 0.6) is 0 Å². The predicted molar refractivity (Wildman–Crippen MR) is 88.8 cm³/mol. The molecule has 1 aliphatic rings. The largest absolute Gasteiger partial charge is 0.497 e. The maximum Gasteiger partial charge on any atom is 0.242 e. The number of hydrogen-bond donors (Lipinski definition) is 0. The second-order valence-corrected chi connectivity index (χ2v) is 7.88. The highest BCUT2D eigenvalue weighted by molar-refractivity contribution is 7.93. The Bertz CT molecular complexity index is 573. The Morgan fingerprint density at radius 3 is 2.59 bits per heavy atom. The molecule has 22 heavy (non-hydrogen) atoms. The van der Waals surface area contributed by atoms with Crippen molar-refractivity contribution in [1.82, 2.24) is 4.31 Å². The lowest BCUT2D eigenvalue weighted by Gasteiger charge is -2.37. The molecule has 0 atom stereocenters. The van der Waals surface area contributed by atoms with Crippen LogP contribution >= 0.6 is 0 Å². The minimum absolute atomic E-state index is 0.101. The average molecular weight is 329 g/mol. The van der Waals surface area contributed by atoms with Gasteiger partial charge in [-0.25, -0.2) is 8.42 Å². The highest BCUT2D eigenvalue weighted by atomic mass is 32.2. The third-order valence-electron chi connectivity index (χ3n) is 3.48. The zero-order valence-electron chi connectivity index (χ0n) is 14.2. The molecule has 0 amide bonds. The number of nitrogens with zero attached hydrogens (tertiary/aromatic N) is 1. The minimum atomic E-state index is -3.59. The van der Waals surface area contributed by atoms with E-state index >= 15 is 0 Å². The molecule has 0 aliphatic carbocycles. The maximum absolute atomic E-state index is 12.7. The molecule has 0 radical (unpaired) electrons. The van der Waals surface area contributed by atoms with Gasteiger partial charge in [-0.15, -0.1) is 0 Å². The Balaban J connectivity index is 3.00. The summed E-state index contributed by atoms with van der Waals surface area (Å²) < 4.78 is 37.6. The van der Waals surface area contributed by atoms with Gasteiger partial charge in [-0.1, -0.05) is 13.5 Å². The molecule has 0 aromatic rings. The molecule has 1 saturated heterocycles. The van der Waals surface area contributed by atoms with Crippen molar-refractivity contribution in [2.75, 3.05) is 26.8 Å². The summed E-state index contributed by atoms with van der Waals surface area (Å²) in [6.45, 7) is 12.3. The van der Waals surface area contributed by atoms with Crippen LogP contribution in [0.3, 0.4) is 0 Å². The SMILES string of the molecule is C=C(/C(C)=C\C(=C/CC)OC)S(=O)(=O)N1CCOC(C)(C)C1. The Kier molecular flexibility index (Phi) is 6.40. The van der Waals surface area contributed by atoms with Crippen molar-refractivity contribution in [1.29, 1.82) is 0 Å². The lowest BCUT2D eigenvalue weighted by Crippen LogP contribution is -2.50. The summed E-state index contributed by atoms with van der Waals surface area (Å²) in [6, 6.07) is 0. The Labute approximate surface area is 134 Å². The van der Waals surface area contributed by atoms with Crippen LogP contribution in [0.15, 0.2) is 35.0 Å². The van der Waals surface area contributed by atoms with E-state index in [9.17, 15) is 8.42 Å². The fourth-order valence-corrected chi connectivity index (χ4v) is 3.81. The van der Waals surface area contributed by atoms with Crippen LogP contribution in [0, 0.1) is 0 Å². The molecule has 1 rings (SSSR count). The van der Waals surface area contributed by atoms with Crippen LogP contribution < -0.4 is 0 Å². The molecule has 1 fully saturated rings. The average Bonchev–Trinajstić information content (AvgIpc) is 2.44. The molecule has 0 saturated carbocycles. The number of hydrogen-bond acceptors (Lipinski definition) is 4. The van der Waals surface area contributed by atoms with Crippen LogP contribution in [0.1, 0.15) is 34.1 Å². The number of allylic oxidation sites excluding steroid dienone is 3. The van der Waals surface area contributed by atoms with Gasteiger partial charge in [-0.2, -0.15) is 4.31 Å². The van der Waals surface area contributed by atoms with E-state index in [1.165, 1.54) is 4.31 Å². The summed E-state index contributed by atoms with van der Waals surface area (Å²) in [5.74, 6) is 0.638. The first-order chi connectivity index (χ1) is 10.1. The van der Waals surface area contributed by atoms with Crippen LogP contribution in [0.4, 0.5) is 0 Å².